The van der Waals surface area contributed by atoms with Crippen LogP contribution in [0.5, 0.6) is 0 Å². The zero-order chi connectivity index (χ0) is 15.3. The van der Waals surface area contributed by atoms with Crippen LogP contribution in [0, 0.1) is 5.41 Å². The van der Waals surface area contributed by atoms with Crippen molar-refractivity contribution < 1.29 is 19.8 Å². The van der Waals surface area contributed by atoms with E-state index >= 15 is 0 Å². The van der Waals surface area contributed by atoms with Gasteiger partial charge in [0.15, 0.2) is 5.84 Å². The number of amides is 1. The topological polar surface area (TPSA) is 108 Å². The Hall–Kier alpha value is -1.34. The van der Waals surface area contributed by atoms with Gasteiger partial charge in [0.1, 0.15) is 5.41 Å². The van der Waals surface area contributed by atoms with Gasteiger partial charge in [0, 0.05) is 32.4 Å². The summed E-state index contributed by atoms with van der Waals surface area (Å²) in [7, 11) is 0. The molecular weight excluding hydrogens is 274 g/mol. The van der Waals surface area contributed by atoms with Crippen molar-refractivity contribution in [3.8, 4) is 0 Å². The molecule has 1 amide bonds. The van der Waals surface area contributed by atoms with Crippen molar-refractivity contribution in [2.75, 3.05) is 26.4 Å². The van der Waals surface area contributed by atoms with Gasteiger partial charge in [-0.3, -0.25) is 4.79 Å². The number of amidine groups is 1. The van der Waals surface area contributed by atoms with E-state index in [0.717, 1.165) is 19.3 Å². The molecule has 1 atom stereocenters. The van der Waals surface area contributed by atoms with Gasteiger partial charge < -0.3 is 25.7 Å². The largest absolute Gasteiger partial charge is 0.409 e. The molecule has 2 heterocycles. The molecule has 0 spiro atoms. The van der Waals surface area contributed by atoms with Crippen LogP contribution in [0.1, 0.15) is 38.5 Å². The number of carbonyl (C=O) groups excluding carboxylic acids is 1. The summed E-state index contributed by atoms with van der Waals surface area (Å²) in [4.78, 5) is 14.9. The van der Waals surface area contributed by atoms with Crippen LogP contribution >= 0.6 is 0 Å². The average Bonchev–Trinajstić information content (AvgIpc) is 2.55. The monoisotopic (exact) mass is 299 g/mol. The number of aliphatic hydroxyl groups excluding tert-OH is 1. The molecule has 21 heavy (non-hydrogen) atoms. The molecule has 0 aromatic heterocycles. The Morgan fingerprint density at radius 1 is 1.38 bits per heavy atom. The highest BCUT2D eigenvalue weighted by Gasteiger charge is 2.48. The first-order valence-corrected chi connectivity index (χ1v) is 7.63. The number of carbonyl (C=O) groups is 1. The van der Waals surface area contributed by atoms with Gasteiger partial charge in [-0.15, -0.1) is 0 Å². The van der Waals surface area contributed by atoms with Crippen LogP contribution in [0.15, 0.2) is 5.16 Å². The standard InChI is InChI=1S/C14H25N3O4/c15-12(16-20)14(5-9-21-10-6-14)13(19)17-7-2-1-3-11(17)4-8-18/h11,18,20H,1-10H2,(H2,15,16). The second-order valence-corrected chi connectivity index (χ2v) is 5.84. The molecule has 0 aliphatic carbocycles. The summed E-state index contributed by atoms with van der Waals surface area (Å²) in [6.45, 7) is 1.60. The Balaban J connectivity index is 2.24. The minimum Gasteiger partial charge on any atom is -0.409 e. The Labute approximate surface area is 124 Å². The molecule has 0 radical (unpaired) electrons. The number of nitrogens with two attached hydrogens (primary N) is 1. The van der Waals surface area contributed by atoms with Crippen LogP contribution in [0.2, 0.25) is 0 Å². The lowest BCUT2D eigenvalue weighted by molar-refractivity contribution is -0.146. The highest BCUT2D eigenvalue weighted by atomic mass is 16.5. The molecule has 1 unspecified atom stereocenters. The average molecular weight is 299 g/mol. The lowest BCUT2D eigenvalue weighted by atomic mass is 9.76. The maximum absolute atomic E-state index is 13.1. The maximum Gasteiger partial charge on any atom is 0.236 e. The fourth-order valence-electron chi connectivity index (χ4n) is 3.39. The van der Waals surface area contributed by atoms with E-state index in [0.29, 0.717) is 39.0 Å². The Morgan fingerprint density at radius 3 is 2.71 bits per heavy atom. The van der Waals surface area contributed by atoms with E-state index < -0.39 is 5.41 Å². The van der Waals surface area contributed by atoms with Crippen molar-refractivity contribution in [1.29, 1.82) is 0 Å². The molecule has 0 aromatic carbocycles. The molecule has 7 nitrogen and oxygen atoms in total. The third-order valence-corrected chi connectivity index (χ3v) is 4.70. The fraction of sp³-hybridized carbons (Fsp3) is 0.857. The van der Waals surface area contributed by atoms with E-state index in [2.05, 4.69) is 5.16 Å². The van der Waals surface area contributed by atoms with Gasteiger partial charge in [0.2, 0.25) is 5.91 Å². The molecule has 2 fully saturated rings. The van der Waals surface area contributed by atoms with Crippen molar-refractivity contribution in [3.05, 3.63) is 0 Å². The van der Waals surface area contributed by atoms with E-state index in [1.165, 1.54) is 0 Å². The van der Waals surface area contributed by atoms with Crippen LogP contribution in [-0.2, 0) is 9.53 Å². The second kappa shape index (κ2) is 7.09. The number of likely N-dealkylation sites (tertiary alicyclic amines) is 1. The van der Waals surface area contributed by atoms with Crippen molar-refractivity contribution >= 4 is 11.7 Å². The fourth-order valence-corrected chi connectivity index (χ4v) is 3.39. The molecule has 2 rings (SSSR count). The minimum absolute atomic E-state index is 0.0240. The van der Waals surface area contributed by atoms with Gasteiger partial charge in [0.25, 0.3) is 0 Å². The number of piperidine rings is 1. The van der Waals surface area contributed by atoms with E-state index in [-0.39, 0.29) is 24.4 Å². The predicted molar refractivity (Wildman–Crippen MR) is 76.9 cm³/mol. The summed E-state index contributed by atoms with van der Waals surface area (Å²) in [6.07, 6.45) is 4.36. The SMILES string of the molecule is NC(=NO)C1(C(=O)N2CCCCC2CCO)CCOCC1. The van der Waals surface area contributed by atoms with Crippen LogP contribution < -0.4 is 5.73 Å². The number of hydrogen-bond acceptors (Lipinski definition) is 5. The molecule has 7 heteroatoms. The summed E-state index contributed by atoms with van der Waals surface area (Å²) in [5, 5.41) is 21.4. The van der Waals surface area contributed by atoms with E-state index in [1.807, 2.05) is 4.90 Å². The van der Waals surface area contributed by atoms with Crippen molar-refractivity contribution in [3.63, 3.8) is 0 Å². The normalized spacial score (nSPS) is 26.6. The van der Waals surface area contributed by atoms with Crippen LogP contribution in [-0.4, -0.2) is 59.4 Å². The third-order valence-electron chi connectivity index (χ3n) is 4.70. The number of rotatable bonds is 4. The first-order valence-electron chi connectivity index (χ1n) is 7.63. The molecule has 0 saturated carbocycles. The molecule has 0 bridgehead atoms. The number of ether oxygens (including phenoxy) is 1. The summed E-state index contributed by atoms with van der Waals surface area (Å²) in [5.41, 5.74) is 4.90. The lowest BCUT2D eigenvalue weighted by Gasteiger charge is -2.43. The zero-order valence-electron chi connectivity index (χ0n) is 12.3. The quantitative estimate of drug-likeness (QED) is 0.299. The van der Waals surface area contributed by atoms with Gasteiger partial charge in [-0.1, -0.05) is 5.16 Å². The van der Waals surface area contributed by atoms with Crippen molar-refractivity contribution in [2.24, 2.45) is 16.3 Å². The molecule has 2 saturated heterocycles. The summed E-state index contributed by atoms with van der Waals surface area (Å²) < 4.78 is 5.33. The summed E-state index contributed by atoms with van der Waals surface area (Å²) in [5.74, 6) is -0.108. The van der Waals surface area contributed by atoms with Crippen LogP contribution in [0.4, 0.5) is 0 Å². The highest BCUT2D eigenvalue weighted by Crippen LogP contribution is 2.35. The lowest BCUT2D eigenvalue weighted by Crippen LogP contribution is -2.57. The number of hydrogen-bond donors (Lipinski definition) is 3. The Kier molecular flexibility index (Phi) is 5.41. The molecule has 4 N–H and O–H groups in total. The van der Waals surface area contributed by atoms with Crippen LogP contribution in [0.3, 0.4) is 0 Å². The Morgan fingerprint density at radius 2 is 2.10 bits per heavy atom. The van der Waals surface area contributed by atoms with Crippen LogP contribution in [0.25, 0.3) is 0 Å². The van der Waals surface area contributed by atoms with Gasteiger partial charge in [-0.25, -0.2) is 0 Å². The Bertz CT molecular complexity index is 392. The van der Waals surface area contributed by atoms with Gasteiger partial charge >= 0.3 is 0 Å². The zero-order valence-corrected chi connectivity index (χ0v) is 12.3. The number of aliphatic hydroxyl groups is 1. The third kappa shape index (κ3) is 3.13. The number of nitrogens with zero attached hydrogens (tertiary/aromatic N) is 2. The molecule has 2 aliphatic rings. The maximum atomic E-state index is 13.1. The van der Waals surface area contributed by atoms with Gasteiger partial charge in [0.05, 0.1) is 0 Å². The van der Waals surface area contributed by atoms with Crippen molar-refractivity contribution in [1.82, 2.24) is 4.90 Å². The smallest absolute Gasteiger partial charge is 0.236 e. The molecular formula is C14H25N3O4. The molecule has 2 aliphatic heterocycles. The second-order valence-electron chi connectivity index (χ2n) is 5.84. The summed E-state index contributed by atoms with van der Waals surface area (Å²) in [6, 6.07) is 0.0439. The number of oxime groups is 1. The van der Waals surface area contributed by atoms with Gasteiger partial charge in [-0.2, -0.15) is 0 Å². The first-order chi connectivity index (χ1) is 10.2. The predicted octanol–water partition coefficient (Wildman–Crippen LogP) is 0.293. The molecule has 120 valence electrons. The molecule has 0 aromatic rings. The first kappa shape index (κ1) is 16.0. The van der Waals surface area contributed by atoms with Gasteiger partial charge in [-0.05, 0) is 38.5 Å². The van der Waals surface area contributed by atoms with E-state index in [9.17, 15) is 9.90 Å². The minimum atomic E-state index is -0.960. The van der Waals surface area contributed by atoms with E-state index in [1.54, 1.807) is 0 Å². The van der Waals surface area contributed by atoms with Crippen molar-refractivity contribution in [2.45, 2.75) is 44.6 Å². The summed E-state index contributed by atoms with van der Waals surface area (Å²) >= 11 is 0. The highest BCUT2D eigenvalue weighted by molar-refractivity contribution is 6.07. The van der Waals surface area contributed by atoms with E-state index in [4.69, 9.17) is 15.7 Å².